The minimum Gasteiger partial charge on any atom is -0.507 e. The van der Waals surface area contributed by atoms with Crippen molar-refractivity contribution in [3.63, 3.8) is 0 Å². The molecular weight excluding hydrogens is 406 g/mol. The van der Waals surface area contributed by atoms with E-state index < -0.39 is 62.4 Å². The molecule has 0 spiro atoms. The van der Waals surface area contributed by atoms with E-state index in [4.69, 9.17) is 14.5 Å². The maximum Gasteiger partial charge on any atom is 0.316 e. The number of hydroxylamine groups is 2. The molecule has 4 N–H and O–H groups in total. The Balaban J connectivity index is 2.14. The third-order valence-electron chi connectivity index (χ3n) is 4.29. The molecule has 0 atom stereocenters. The first-order valence-electron chi connectivity index (χ1n) is 8.41. The molecule has 29 heavy (non-hydrogen) atoms. The van der Waals surface area contributed by atoms with E-state index in [-0.39, 0.29) is 24.2 Å². The number of carbonyl (C=O) groups excluding carboxylic acids is 2. The summed E-state index contributed by atoms with van der Waals surface area (Å²) in [5.41, 5.74) is -1.18. The lowest BCUT2D eigenvalue weighted by Gasteiger charge is -2.22. The summed E-state index contributed by atoms with van der Waals surface area (Å²) in [6.45, 7) is -1.52. The average Bonchev–Trinajstić information content (AvgIpc) is 2.67. The predicted octanol–water partition coefficient (Wildman–Crippen LogP) is -0.220. The molecule has 0 aromatic heterocycles. The third-order valence-corrected chi connectivity index (χ3v) is 5.54. The maximum absolute atomic E-state index is 12.8. The number of aromatic hydroxyl groups is 2. The number of ketones is 2. The van der Waals surface area contributed by atoms with Crippen molar-refractivity contribution in [2.45, 2.75) is 4.90 Å². The number of aliphatic hydroxyl groups is 2. The van der Waals surface area contributed by atoms with Crippen molar-refractivity contribution < 1.29 is 42.7 Å². The highest BCUT2D eigenvalue weighted by molar-refractivity contribution is 7.86. The summed E-state index contributed by atoms with van der Waals surface area (Å²) in [5, 5.41) is 39.5. The van der Waals surface area contributed by atoms with Crippen LogP contribution in [0.15, 0.2) is 35.2 Å². The molecule has 0 bridgehead atoms. The Labute approximate surface area is 165 Å². The van der Waals surface area contributed by atoms with Crippen molar-refractivity contribution in [1.82, 2.24) is 5.06 Å². The molecule has 0 saturated heterocycles. The molecule has 2 aromatic carbocycles. The van der Waals surface area contributed by atoms with Crippen LogP contribution in [-0.4, -0.2) is 71.8 Å². The average molecular weight is 423 g/mol. The number of phenolic OH excluding ortho intramolecular Hbond substituents is 2. The molecule has 10 nitrogen and oxygen atoms in total. The van der Waals surface area contributed by atoms with Crippen LogP contribution in [0.25, 0.3) is 0 Å². The predicted molar refractivity (Wildman–Crippen MR) is 97.1 cm³/mol. The Kier molecular flexibility index (Phi) is 5.68. The lowest BCUT2D eigenvalue weighted by atomic mass is 9.83. The Morgan fingerprint density at radius 3 is 1.93 bits per heavy atom. The standard InChI is InChI=1S/C18H17NO9S/c20-7-5-19(6-8-21)28-29(26,27)13-9-12(22)14-15(18(13)25)17(24)11-4-2-1-3-10(11)16(14)23/h1-4,9,20-22,25H,5-8H2. The van der Waals surface area contributed by atoms with Crippen LogP contribution < -0.4 is 0 Å². The number of phenols is 2. The van der Waals surface area contributed by atoms with Crippen LogP contribution in [0.1, 0.15) is 31.8 Å². The molecule has 0 heterocycles. The Morgan fingerprint density at radius 1 is 0.897 bits per heavy atom. The first-order chi connectivity index (χ1) is 13.7. The highest BCUT2D eigenvalue weighted by Gasteiger charge is 2.38. The van der Waals surface area contributed by atoms with E-state index in [1.807, 2.05) is 0 Å². The Hall–Kier alpha value is -2.83. The number of aliphatic hydroxyl groups excluding tert-OH is 2. The van der Waals surface area contributed by atoms with Crippen LogP contribution in [0.3, 0.4) is 0 Å². The minimum atomic E-state index is -4.78. The number of carbonyl (C=O) groups is 2. The number of hydrogen-bond donors (Lipinski definition) is 4. The van der Waals surface area contributed by atoms with E-state index in [9.17, 15) is 28.2 Å². The topological polar surface area (TPSA) is 162 Å². The van der Waals surface area contributed by atoms with Crippen molar-refractivity contribution in [3.05, 3.63) is 52.6 Å². The molecule has 0 fully saturated rings. The lowest BCUT2D eigenvalue weighted by Crippen LogP contribution is -2.33. The quantitative estimate of drug-likeness (QED) is 0.295. The van der Waals surface area contributed by atoms with Crippen molar-refractivity contribution in [2.24, 2.45) is 0 Å². The summed E-state index contributed by atoms with van der Waals surface area (Å²) in [5.74, 6) is -3.43. The van der Waals surface area contributed by atoms with Gasteiger partial charge >= 0.3 is 10.1 Å². The molecule has 0 amide bonds. The fourth-order valence-corrected chi connectivity index (χ4v) is 4.11. The van der Waals surface area contributed by atoms with Crippen molar-refractivity contribution >= 4 is 21.7 Å². The maximum atomic E-state index is 12.8. The van der Waals surface area contributed by atoms with E-state index in [0.29, 0.717) is 6.07 Å². The van der Waals surface area contributed by atoms with Gasteiger partial charge in [0.1, 0.15) is 16.4 Å². The van der Waals surface area contributed by atoms with E-state index in [0.717, 1.165) is 5.06 Å². The molecule has 11 heteroatoms. The summed E-state index contributed by atoms with van der Waals surface area (Å²) in [4.78, 5) is 24.5. The highest BCUT2D eigenvalue weighted by atomic mass is 32.2. The Morgan fingerprint density at radius 2 is 1.41 bits per heavy atom. The molecule has 0 saturated carbocycles. The van der Waals surface area contributed by atoms with Crippen LogP contribution in [-0.2, 0) is 14.4 Å². The summed E-state index contributed by atoms with van der Waals surface area (Å²) < 4.78 is 30.0. The first kappa shape index (κ1) is 20.9. The molecule has 1 aliphatic carbocycles. The molecule has 0 radical (unpaired) electrons. The van der Waals surface area contributed by atoms with Gasteiger partial charge in [0, 0.05) is 30.3 Å². The van der Waals surface area contributed by atoms with Crippen LogP contribution in [0, 0.1) is 0 Å². The van der Waals surface area contributed by atoms with Gasteiger partial charge in [-0.2, -0.15) is 17.8 Å². The zero-order valence-corrected chi connectivity index (χ0v) is 15.7. The first-order valence-corrected chi connectivity index (χ1v) is 9.82. The monoisotopic (exact) mass is 423 g/mol. The van der Waals surface area contributed by atoms with Crippen molar-refractivity contribution in [1.29, 1.82) is 0 Å². The number of benzene rings is 2. The fourth-order valence-electron chi connectivity index (χ4n) is 3.01. The van der Waals surface area contributed by atoms with Gasteiger partial charge in [0.15, 0.2) is 11.6 Å². The fraction of sp³-hybridized carbons (Fsp3) is 0.222. The Bertz CT molecular complexity index is 1090. The van der Waals surface area contributed by atoms with Gasteiger partial charge in [0.2, 0.25) is 0 Å². The van der Waals surface area contributed by atoms with E-state index in [2.05, 4.69) is 0 Å². The zero-order chi connectivity index (χ0) is 21.3. The van der Waals surface area contributed by atoms with Gasteiger partial charge in [-0.3, -0.25) is 9.59 Å². The van der Waals surface area contributed by atoms with Crippen molar-refractivity contribution in [3.8, 4) is 11.5 Å². The number of hydrogen-bond acceptors (Lipinski definition) is 10. The smallest absolute Gasteiger partial charge is 0.316 e. The van der Waals surface area contributed by atoms with E-state index in [1.54, 1.807) is 0 Å². The second-order valence-electron chi connectivity index (χ2n) is 6.10. The number of nitrogens with zero attached hydrogens (tertiary/aromatic N) is 1. The van der Waals surface area contributed by atoms with E-state index in [1.165, 1.54) is 24.3 Å². The van der Waals surface area contributed by atoms with Crippen LogP contribution >= 0.6 is 0 Å². The van der Waals surface area contributed by atoms with Crippen LogP contribution in [0.2, 0.25) is 0 Å². The van der Waals surface area contributed by atoms with Crippen molar-refractivity contribution in [2.75, 3.05) is 26.3 Å². The largest absolute Gasteiger partial charge is 0.507 e. The van der Waals surface area contributed by atoms with E-state index >= 15 is 0 Å². The highest BCUT2D eigenvalue weighted by Crippen LogP contribution is 2.42. The second kappa shape index (κ2) is 7.89. The molecule has 0 aliphatic heterocycles. The van der Waals surface area contributed by atoms with Gasteiger partial charge in [-0.25, -0.2) is 0 Å². The number of fused-ring (bicyclic) bond motifs is 2. The van der Waals surface area contributed by atoms with Gasteiger partial charge in [0.05, 0.1) is 24.3 Å². The van der Waals surface area contributed by atoms with Gasteiger partial charge in [-0.05, 0) is 0 Å². The van der Waals surface area contributed by atoms with Crippen LogP contribution in [0.5, 0.6) is 11.5 Å². The molecule has 2 aromatic rings. The summed E-state index contributed by atoms with van der Waals surface area (Å²) >= 11 is 0. The second-order valence-corrected chi connectivity index (χ2v) is 7.60. The number of rotatable bonds is 7. The summed E-state index contributed by atoms with van der Waals surface area (Å²) in [6.07, 6.45) is 0. The van der Waals surface area contributed by atoms with Gasteiger partial charge in [0.25, 0.3) is 0 Å². The van der Waals surface area contributed by atoms with Gasteiger partial charge in [-0.15, -0.1) is 0 Å². The van der Waals surface area contributed by atoms with Crippen LogP contribution in [0.4, 0.5) is 0 Å². The molecule has 1 aliphatic rings. The minimum absolute atomic E-state index is 0.0172. The van der Waals surface area contributed by atoms with Gasteiger partial charge < -0.3 is 20.4 Å². The summed E-state index contributed by atoms with van der Waals surface area (Å²) in [6, 6.07) is 6.35. The third kappa shape index (κ3) is 3.61. The molecule has 154 valence electrons. The SMILES string of the molecule is O=C1c2ccccc2C(=O)c2c(O)c(S(=O)(=O)ON(CCO)CCO)cc(O)c21. The zero-order valence-electron chi connectivity index (χ0n) is 14.9. The molecule has 3 rings (SSSR count). The summed E-state index contributed by atoms with van der Waals surface area (Å²) in [7, 11) is -4.78. The lowest BCUT2D eigenvalue weighted by molar-refractivity contribution is -0.0697. The molecule has 0 unspecified atom stereocenters. The normalized spacial score (nSPS) is 13.5. The van der Waals surface area contributed by atoms with Gasteiger partial charge in [-0.1, -0.05) is 24.3 Å². The molecular formula is C18H17NO9S.